The van der Waals surface area contributed by atoms with Crippen molar-refractivity contribution < 1.29 is 19.4 Å². The van der Waals surface area contributed by atoms with Gasteiger partial charge in [0.2, 0.25) is 5.91 Å². The van der Waals surface area contributed by atoms with Gasteiger partial charge in [-0.05, 0) is 39.8 Å². The molecule has 3 heterocycles. The molecule has 0 saturated carbocycles. The predicted molar refractivity (Wildman–Crippen MR) is 104 cm³/mol. The SMILES string of the molecule is CC(O)c1cn2c(N3CCN(C(=O)OC(C)(C)C)C(C(N)=O)C3)cccc2n1. The molecular formula is C19H27N5O4. The molecule has 28 heavy (non-hydrogen) atoms. The highest BCUT2D eigenvalue weighted by Gasteiger charge is 2.37. The van der Waals surface area contributed by atoms with Gasteiger partial charge in [-0.15, -0.1) is 0 Å². The molecule has 3 rings (SSSR count). The Labute approximate surface area is 163 Å². The summed E-state index contributed by atoms with van der Waals surface area (Å²) in [5.74, 6) is 0.227. The minimum Gasteiger partial charge on any atom is -0.444 e. The second-order valence-corrected chi connectivity index (χ2v) is 7.99. The summed E-state index contributed by atoms with van der Waals surface area (Å²) in [5, 5.41) is 9.82. The number of pyridine rings is 1. The number of amides is 2. The summed E-state index contributed by atoms with van der Waals surface area (Å²) in [6.45, 7) is 8.04. The Bertz CT molecular complexity index is 886. The molecule has 152 valence electrons. The van der Waals surface area contributed by atoms with Crippen molar-refractivity contribution in [1.29, 1.82) is 0 Å². The van der Waals surface area contributed by atoms with Gasteiger partial charge in [0.25, 0.3) is 0 Å². The van der Waals surface area contributed by atoms with Crippen LogP contribution in [0.2, 0.25) is 0 Å². The van der Waals surface area contributed by atoms with Crippen LogP contribution in [0, 0.1) is 0 Å². The summed E-state index contributed by atoms with van der Waals surface area (Å²) < 4.78 is 7.28. The quantitative estimate of drug-likeness (QED) is 0.818. The molecule has 2 atom stereocenters. The van der Waals surface area contributed by atoms with E-state index in [2.05, 4.69) is 4.98 Å². The number of fused-ring (bicyclic) bond motifs is 1. The zero-order chi connectivity index (χ0) is 20.6. The maximum atomic E-state index is 12.5. The average molecular weight is 389 g/mol. The van der Waals surface area contributed by atoms with E-state index in [4.69, 9.17) is 10.5 Å². The third-order valence-corrected chi connectivity index (χ3v) is 4.58. The van der Waals surface area contributed by atoms with Gasteiger partial charge >= 0.3 is 6.09 Å². The lowest BCUT2D eigenvalue weighted by molar-refractivity contribution is -0.123. The number of primary amides is 1. The van der Waals surface area contributed by atoms with Crippen molar-refractivity contribution >= 4 is 23.5 Å². The van der Waals surface area contributed by atoms with Crippen LogP contribution in [0.5, 0.6) is 0 Å². The highest BCUT2D eigenvalue weighted by Crippen LogP contribution is 2.24. The number of nitrogens with two attached hydrogens (primary N) is 1. The first-order valence-electron chi connectivity index (χ1n) is 9.27. The van der Waals surface area contributed by atoms with E-state index < -0.39 is 29.7 Å². The van der Waals surface area contributed by atoms with Crippen LogP contribution in [0.25, 0.3) is 5.65 Å². The highest BCUT2D eigenvalue weighted by atomic mass is 16.6. The number of nitrogens with zero attached hydrogens (tertiary/aromatic N) is 4. The number of aliphatic hydroxyl groups is 1. The van der Waals surface area contributed by atoms with Crippen LogP contribution in [-0.4, -0.2) is 62.7 Å². The Kier molecular flexibility index (Phi) is 5.20. The van der Waals surface area contributed by atoms with Gasteiger partial charge in [-0.25, -0.2) is 9.78 Å². The minimum absolute atomic E-state index is 0.246. The first-order chi connectivity index (χ1) is 13.1. The van der Waals surface area contributed by atoms with Crippen LogP contribution in [0.1, 0.15) is 39.5 Å². The van der Waals surface area contributed by atoms with Crippen molar-refractivity contribution in [1.82, 2.24) is 14.3 Å². The molecule has 1 aliphatic rings. The standard InChI is InChI=1S/C19H27N5O4/c1-12(25)13-10-24-15(21-13)6-5-7-16(24)22-8-9-23(14(11-22)17(20)26)18(27)28-19(2,3)4/h5-7,10,12,14,25H,8-9,11H2,1-4H3,(H2,20,26). The molecule has 0 aliphatic carbocycles. The minimum atomic E-state index is -0.807. The van der Waals surface area contributed by atoms with Crippen LogP contribution in [-0.2, 0) is 9.53 Å². The number of aliphatic hydroxyl groups excluding tert-OH is 1. The average Bonchev–Trinajstić information content (AvgIpc) is 3.04. The van der Waals surface area contributed by atoms with Crippen molar-refractivity contribution in [2.24, 2.45) is 5.73 Å². The Balaban J connectivity index is 1.87. The van der Waals surface area contributed by atoms with E-state index in [1.807, 2.05) is 27.5 Å². The van der Waals surface area contributed by atoms with Crippen molar-refractivity contribution in [3.05, 3.63) is 30.1 Å². The number of imidazole rings is 1. The number of hydrogen-bond acceptors (Lipinski definition) is 6. The summed E-state index contributed by atoms with van der Waals surface area (Å²) in [4.78, 5) is 32.3. The Morgan fingerprint density at radius 1 is 1.32 bits per heavy atom. The smallest absolute Gasteiger partial charge is 0.411 e. The molecule has 9 heteroatoms. The Morgan fingerprint density at radius 3 is 2.64 bits per heavy atom. The van der Waals surface area contributed by atoms with Crippen LogP contribution in [0.4, 0.5) is 10.6 Å². The van der Waals surface area contributed by atoms with E-state index in [1.54, 1.807) is 33.9 Å². The number of anilines is 1. The monoisotopic (exact) mass is 389 g/mol. The van der Waals surface area contributed by atoms with E-state index in [1.165, 1.54) is 4.90 Å². The third-order valence-electron chi connectivity index (χ3n) is 4.58. The van der Waals surface area contributed by atoms with Crippen molar-refractivity contribution in [2.45, 2.75) is 45.4 Å². The molecular weight excluding hydrogens is 362 g/mol. The number of carbonyl (C=O) groups excluding carboxylic acids is 2. The zero-order valence-electron chi connectivity index (χ0n) is 16.6. The summed E-state index contributed by atoms with van der Waals surface area (Å²) in [6, 6.07) is 4.81. The van der Waals surface area contributed by atoms with Gasteiger partial charge in [0.15, 0.2) is 0 Å². The van der Waals surface area contributed by atoms with Crippen LogP contribution in [0.15, 0.2) is 24.4 Å². The number of aromatic nitrogens is 2. The topological polar surface area (TPSA) is 113 Å². The fraction of sp³-hybridized carbons (Fsp3) is 0.526. The van der Waals surface area contributed by atoms with E-state index >= 15 is 0 Å². The molecule has 1 saturated heterocycles. The molecule has 0 aromatic carbocycles. The van der Waals surface area contributed by atoms with Crippen LogP contribution >= 0.6 is 0 Å². The van der Waals surface area contributed by atoms with Gasteiger partial charge in [0.1, 0.15) is 23.1 Å². The molecule has 2 unspecified atom stereocenters. The molecule has 9 nitrogen and oxygen atoms in total. The lowest BCUT2D eigenvalue weighted by Crippen LogP contribution is -2.60. The van der Waals surface area contributed by atoms with Gasteiger partial charge in [-0.3, -0.25) is 14.1 Å². The summed E-state index contributed by atoms with van der Waals surface area (Å²) in [7, 11) is 0. The Hall–Kier alpha value is -2.81. The number of piperazine rings is 1. The lowest BCUT2D eigenvalue weighted by Gasteiger charge is -2.41. The first kappa shape index (κ1) is 19.9. The molecule has 1 fully saturated rings. The highest BCUT2D eigenvalue weighted by molar-refractivity contribution is 5.85. The third kappa shape index (κ3) is 4.04. The number of ether oxygens (including phenoxy) is 1. The molecule has 0 bridgehead atoms. The van der Waals surface area contributed by atoms with Gasteiger partial charge in [0.05, 0.1) is 11.8 Å². The fourth-order valence-corrected chi connectivity index (χ4v) is 3.25. The van der Waals surface area contributed by atoms with Gasteiger partial charge < -0.3 is 20.5 Å². The van der Waals surface area contributed by atoms with Crippen LogP contribution < -0.4 is 10.6 Å². The van der Waals surface area contributed by atoms with Crippen molar-refractivity contribution in [2.75, 3.05) is 24.5 Å². The van der Waals surface area contributed by atoms with Crippen LogP contribution in [0.3, 0.4) is 0 Å². The second-order valence-electron chi connectivity index (χ2n) is 7.99. The van der Waals surface area contributed by atoms with Gasteiger partial charge in [-0.2, -0.15) is 0 Å². The van der Waals surface area contributed by atoms with E-state index in [0.29, 0.717) is 24.4 Å². The van der Waals surface area contributed by atoms with Gasteiger partial charge in [0, 0.05) is 25.8 Å². The molecule has 0 spiro atoms. The van der Waals surface area contributed by atoms with E-state index in [9.17, 15) is 14.7 Å². The molecule has 2 aromatic rings. The largest absolute Gasteiger partial charge is 0.444 e. The van der Waals surface area contributed by atoms with E-state index in [0.717, 1.165) is 5.82 Å². The lowest BCUT2D eigenvalue weighted by atomic mass is 10.1. The molecule has 3 N–H and O–H groups in total. The number of rotatable bonds is 3. The molecule has 0 radical (unpaired) electrons. The molecule has 2 amide bonds. The summed E-state index contributed by atoms with van der Waals surface area (Å²) in [6.07, 6.45) is 0.540. The predicted octanol–water partition coefficient (Wildman–Crippen LogP) is 1.30. The van der Waals surface area contributed by atoms with Gasteiger partial charge in [-0.1, -0.05) is 6.07 Å². The second kappa shape index (κ2) is 7.31. The fourth-order valence-electron chi connectivity index (χ4n) is 3.25. The number of hydrogen-bond donors (Lipinski definition) is 2. The summed E-state index contributed by atoms with van der Waals surface area (Å²) in [5.41, 5.74) is 6.19. The van der Waals surface area contributed by atoms with Crippen molar-refractivity contribution in [3.8, 4) is 0 Å². The molecule has 2 aromatic heterocycles. The maximum absolute atomic E-state index is 12.5. The van der Waals surface area contributed by atoms with Crippen molar-refractivity contribution in [3.63, 3.8) is 0 Å². The zero-order valence-corrected chi connectivity index (χ0v) is 16.6. The normalized spacial score (nSPS) is 19.0. The number of carbonyl (C=O) groups is 2. The maximum Gasteiger partial charge on any atom is 0.411 e. The molecule has 1 aliphatic heterocycles. The van der Waals surface area contributed by atoms with E-state index in [-0.39, 0.29) is 6.54 Å². The first-order valence-corrected chi connectivity index (χ1v) is 9.27. The Morgan fingerprint density at radius 2 is 2.04 bits per heavy atom. The summed E-state index contributed by atoms with van der Waals surface area (Å²) >= 11 is 0.